The number of allylic oxidation sites excluding steroid dienone is 9. The SMILES string of the molecule is C.C.C.C.C.CC1=C(C)N(C2CCCCC2)C(C2CCCC2)N1c1ccccc1C.CC1=C(C)N(C2CCCCC2)C(C2CCCC2)N1c1ccccc1C.CC1=C(C2CCCC2)N(C2CCCCC2)C(C2CCCC2)N1c1ccccc1C.CC1=C(C2CCCCC2)N(C2CCCCC2)C(C2CCCC2)N1c1ccccc1C.CC1=C(c2ccccc2)N(C2CCCCC2)C(C2CCCC2)N1c1ccccc1C. The number of nitrogens with zero attached hydrogens (tertiary/aromatic N) is 10. The molecule has 0 N–H and O–H groups in total. The second-order valence-electron chi connectivity index (χ2n) is 47.5. The van der Waals surface area contributed by atoms with Crippen LogP contribution in [0.5, 0.6) is 0 Å². The summed E-state index contributed by atoms with van der Waals surface area (Å²) in [7, 11) is 0. The fourth-order valence-electron chi connectivity index (χ4n) is 31.9. The highest BCUT2D eigenvalue weighted by atomic mass is 15.5. The van der Waals surface area contributed by atoms with Gasteiger partial charge in [0.1, 0.15) is 30.8 Å². The van der Waals surface area contributed by atoms with Crippen molar-refractivity contribution < 1.29 is 0 Å². The molecule has 0 saturated heterocycles. The van der Waals surface area contributed by atoms with Gasteiger partial charge in [-0.1, -0.05) is 351 Å². The summed E-state index contributed by atoms with van der Waals surface area (Å²) in [5, 5.41) is 0. The Hall–Kier alpha value is -7.98. The molecule has 0 radical (unpaired) electrons. The van der Waals surface area contributed by atoms with Crippen molar-refractivity contribution >= 4 is 34.1 Å². The molecule has 0 aromatic heterocycles. The standard InChI is InChI=1S/C28H42N2.C28H36N2.C27H40N2.2C23H34N2.5CH4/c2*1-21-13-9-12-20-26(21)29-22(2)27(23-14-5-3-6-15-23)30(25-18-7-4-8-19-25)28(29)24-16-10-11-17-24;1-20-12-6-11-19-25(20)28-21(2)26(22-13-7-8-14-22)29(24-17-4-3-5-18-24)27(28)23-15-9-10-16-23;2*1-17-11-7-10-16-22(17)25-19(3)18(2)24(21-14-5-4-6-15-21)23(25)20-12-8-9-13-20;;;;;/h9,12-13,20,23-25,28H,3-8,10-11,14-19H2,1-2H3;3,5-6,9,12-15,20,24-25,28H,4,7-8,10-11,16-19H2,1-2H3;6,11-12,19,22-24,27H,3-5,7-10,13-18H2,1-2H3;2*7,10-11,16,20-21,23H,4-6,8-9,12-15H2,1-3H3;5*1H4. The van der Waals surface area contributed by atoms with Crippen LogP contribution in [-0.4, -0.2) is 85.5 Å². The maximum Gasteiger partial charge on any atom is 0.109 e. The Balaban J connectivity index is 0.000000142. The summed E-state index contributed by atoms with van der Waals surface area (Å²) in [6, 6.07) is 60.2. The Labute approximate surface area is 883 Å². The molecule has 12 aliphatic carbocycles. The van der Waals surface area contributed by atoms with Crippen LogP contribution in [0.1, 0.15) is 466 Å². The maximum atomic E-state index is 3.05. The first kappa shape index (κ1) is 112. The molecule has 0 spiro atoms. The van der Waals surface area contributed by atoms with Gasteiger partial charge in [-0.2, -0.15) is 0 Å². The number of hydrogen-bond donors (Lipinski definition) is 0. The van der Waals surface area contributed by atoms with Gasteiger partial charge in [0.05, 0.1) is 5.70 Å². The summed E-state index contributed by atoms with van der Waals surface area (Å²) in [5.41, 5.74) is 31.3. The second kappa shape index (κ2) is 52.5. The number of benzene rings is 6. The zero-order valence-electron chi connectivity index (χ0n) is 89.4. The molecule has 12 saturated carbocycles. The van der Waals surface area contributed by atoms with Crippen LogP contribution in [0.3, 0.4) is 0 Å². The fraction of sp³-hybridized carbons (Fsp3) is 0.657. The van der Waals surface area contributed by atoms with Crippen LogP contribution in [0.2, 0.25) is 0 Å². The topological polar surface area (TPSA) is 32.4 Å². The van der Waals surface area contributed by atoms with Crippen molar-refractivity contribution in [1.82, 2.24) is 24.5 Å². The third-order valence-corrected chi connectivity index (χ3v) is 38.9. The zero-order chi connectivity index (χ0) is 95.6. The minimum absolute atomic E-state index is 0. The second-order valence-corrected chi connectivity index (χ2v) is 47.5. The van der Waals surface area contributed by atoms with Gasteiger partial charge in [0.15, 0.2) is 0 Å². The number of hydrogen-bond acceptors (Lipinski definition) is 10. The van der Waals surface area contributed by atoms with Gasteiger partial charge in [-0.25, -0.2) is 0 Å². The molecule has 6 aromatic rings. The summed E-state index contributed by atoms with van der Waals surface area (Å²) >= 11 is 0. The first-order valence-electron chi connectivity index (χ1n) is 58.8. The van der Waals surface area contributed by atoms with Crippen molar-refractivity contribution in [2.24, 2.45) is 41.4 Å². The van der Waals surface area contributed by atoms with Gasteiger partial charge in [-0.05, 0) is 330 Å². The van der Waals surface area contributed by atoms with Gasteiger partial charge in [0, 0.05) is 122 Å². The summed E-state index contributed by atoms with van der Waals surface area (Å²) in [6.45, 7) is 28.2. The van der Waals surface area contributed by atoms with Crippen LogP contribution in [0.4, 0.5) is 28.4 Å². The molecular formula is C134H206N10. The van der Waals surface area contributed by atoms with E-state index in [0.717, 1.165) is 65.6 Å². The molecule has 144 heavy (non-hydrogen) atoms. The molecule has 0 amide bonds. The highest BCUT2D eigenvalue weighted by Gasteiger charge is 2.53. The molecule has 10 nitrogen and oxygen atoms in total. The Kier molecular flexibility index (Phi) is 40.7. The van der Waals surface area contributed by atoms with Crippen molar-refractivity contribution in [3.63, 3.8) is 0 Å². The molecule has 5 atom stereocenters. The fourth-order valence-corrected chi connectivity index (χ4v) is 31.9. The predicted molar refractivity (Wildman–Crippen MR) is 624 cm³/mol. The van der Waals surface area contributed by atoms with E-state index in [1.165, 1.54) is 443 Å². The molecule has 5 heterocycles. The number of aryl methyl sites for hydroxylation is 5. The third kappa shape index (κ3) is 23.6. The normalized spacial score (nSPS) is 25.3. The number of para-hydroxylation sites is 5. The molecule has 17 aliphatic rings. The molecule has 10 heteroatoms. The van der Waals surface area contributed by atoms with Crippen molar-refractivity contribution in [3.8, 4) is 0 Å². The van der Waals surface area contributed by atoms with E-state index < -0.39 is 0 Å². The Morgan fingerprint density at radius 3 is 0.611 bits per heavy atom. The first-order chi connectivity index (χ1) is 68.1. The molecule has 0 bridgehead atoms. The van der Waals surface area contributed by atoms with Gasteiger partial charge < -0.3 is 49.0 Å². The van der Waals surface area contributed by atoms with E-state index in [2.05, 4.69) is 284 Å². The third-order valence-electron chi connectivity index (χ3n) is 38.9. The average Bonchev–Trinajstić information content (AvgIpc) is 1.61. The lowest BCUT2D eigenvalue weighted by Gasteiger charge is -2.45. The highest BCUT2D eigenvalue weighted by molar-refractivity contribution is 5.78. The quantitative estimate of drug-likeness (QED) is 0.0830. The molecule has 5 unspecified atom stereocenters. The van der Waals surface area contributed by atoms with Crippen LogP contribution in [0.15, 0.2) is 203 Å². The summed E-state index contributed by atoms with van der Waals surface area (Å²) in [6.07, 6.45) is 78.8. The minimum Gasteiger partial charge on any atom is -0.350 e. The zero-order valence-corrected chi connectivity index (χ0v) is 89.4. The molecule has 12 fully saturated rings. The van der Waals surface area contributed by atoms with Crippen LogP contribution >= 0.6 is 0 Å². The summed E-state index contributed by atoms with van der Waals surface area (Å²) in [5.74, 6) is 5.62. The molecule has 6 aromatic carbocycles. The Morgan fingerprint density at radius 1 is 0.167 bits per heavy atom. The Morgan fingerprint density at radius 2 is 0.354 bits per heavy atom. The van der Waals surface area contributed by atoms with E-state index in [4.69, 9.17) is 0 Å². The van der Waals surface area contributed by atoms with Gasteiger partial charge in [0.2, 0.25) is 0 Å². The lowest BCUT2D eigenvalue weighted by atomic mass is 9.84. The summed E-state index contributed by atoms with van der Waals surface area (Å²) < 4.78 is 0. The molecule has 5 aliphatic heterocycles. The van der Waals surface area contributed by atoms with E-state index in [9.17, 15) is 0 Å². The summed E-state index contributed by atoms with van der Waals surface area (Å²) in [4.78, 5) is 28.5. The van der Waals surface area contributed by atoms with E-state index in [1.807, 2.05) is 0 Å². The van der Waals surface area contributed by atoms with Crippen LogP contribution in [0.25, 0.3) is 5.70 Å². The average molecular weight is 1960 g/mol. The van der Waals surface area contributed by atoms with E-state index in [-0.39, 0.29) is 37.1 Å². The molecular weight excluding hydrogens is 1750 g/mol. The number of anilines is 5. The van der Waals surface area contributed by atoms with Crippen molar-refractivity contribution in [1.29, 1.82) is 0 Å². The smallest absolute Gasteiger partial charge is 0.109 e. The van der Waals surface area contributed by atoms with Gasteiger partial charge in [-0.3, -0.25) is 0 Å². The van der Waals surface area contributed by atoms with Crippen LogP contribution < -0.4 is 24.5 Å². The predicted octanol–water partition coefficient (Wildman–Crippen LogP) is 38.1. The highest BCUT2D eigenvalue weighted by Crippen LogP contribution is 2.57. The molecule has 23 rings (SSSR count). The van der Waals surface area contributed by atoms with Crippen molar-refractivity contribution in [2.75, 3.05) is 24.5 Å². The monoisotopic (exact) mass is 1960 g/mol. The van der Waals surface area contributed by atoms with Crippen LogP contribution in [0, 0.1) is 76.0 Å². The first-order valence-corrected chi connectivity index (χ1v) is 58.8. The minimum atomic E-state index is 0. The van der Waals surface area contributed by atoms with Crippen molar-refractivity contribution in [2.45, 2.75) is 528 Å². The van der Waals surface area contributed by atoms with E-state index in [0.29, 0.717) is 36.9 Å². The van der Waals surface area contributed by atoms with Gasteiger partial charge in [0.25, 0.3) is 0 Å². The van der Waals surface area contributed by atoms with Gasteiger partial charge in [-0.15, -0.1) is 0 Å². The van der Waals surface area contributed by atoms with Gasteiger partial charge >= 0.3 is 0 Å². The van der Waals surface area contributed by atoms with Crippen LogP contribution in [-0.2, 0) is 0 Å². The maximum absolute atomic E-state index is 3.05. The largest absolute Gasteiger partial charge is 0.350 e. The van der Waals surface area contributed by atoms with E-state index >= 15 is 0 Å². The Bertz CT molecular complexity index is 4990. The van der Waals surface area contributed by atoms with Crippen molar-refractivity contribution in [3.05, 3.63) is 236 Å². The lowest BCUT2D eigenvalue weighted by Crippen LogP contribution is -2.51. The van der Waals surface area contributed by atoms with E-state index in [1.54, 1.807) is 22.8 Å². The molecule has 792 valence electrons. The number of rotatable bonds is 18. The lowest BCUT2D eigenvalue weighted by molar-refractivity contribution is 0.107.